The van der Waals surface area contributed by atoms with E-state index in [1.807, 2.05) is 82.3 Å². The average molecular weight is 354 g/mol. The summed E-state index contributed by atoms with van der Waals surface area (Å²) in [7, 11) is 0. The van der Waals surface area contributed by atoms with Gasteiger partial charge in [-0.15, -0.1) is 0 Å². The van der Waals surface area contributed by atoms with Crippen molar-refractivity contribution in [3.8, 4) is 5.75 Å². The maximum absolute atomic E-state index is 12.2. The van der Waals surface area contributed by atoms with Crippen molar-refractivity contribution < 1.29 is 19.0 Å². The Morgan fingerprint density at radius 3 is 2.23 bits per heavy atom. The second-order valence-electron chi connectivity index (χ2n) is 6.79. The summed E-state index contributed by atoms with van der Waals surface area (Å²) in [6.07, 6.45) is 1.68. The molecule has 0 bridgehead atoms. The van der Waals surface area contributed by atoms with E-state index in [4.69, 9.17) is 14.2 Å². The fourth-order valence-electron chi connectivity index (χ4n) is 2.20. The summed E-state index contributed by atoms with van der Waals surface area (Å²) in [5.41, 5.74) is 1.38. The fraction of sp³-hybridized carbons (Fsp3) is 0.318. The fourth-order valence-corrected chi connectivity index (χ4v) is 2.20. The van der Waals surface area contributed by atoms with Crippen molar-refractivity contribution in [2.45, 2.75) is 39.9 Å². The highest BCUT2D eigenvalue weighted by molar-refractivity contribution is 5.91. The smallest absolute Gasteiger partial charge is 0.374 e. The number of benzene rings is 2. The highest BCUT2D eigenvalue weighted by Crippen LogP contribution is 2.18. The summed E-state index contributed by atoms with van der Waals surface area (Å²) >= 11 is 0. The number of rotatable bonds is 7. The van der Waals surface area contributed by atoms with Crippen molar-refractivity contribution in [1.82, 2.24) is 0 Å². The summed E-state index contributed by atoms with van der Waals surface area (Å²) < 4.78 is 16.6. The van der Waals surface area contributed by atoms with Crippen LogP contribution in [0.1, 0.15) is 38.8 Å². The molecular formula is C22H26O4. The SMILES string of the molecule is CCO/C(=C\c1ccc(OCc2ccccc2)cc1)C(=O)OC(C)(C)C. The van der Waals surface area contributed by atoms with E-state index in [1.54, 1.807) is 6.08 Å². The molecule has 0 N–H and O–H groups in total. The highest BCUT2D eigenvalue weighted by atomic mass is 16.6. The molecule has 0 atom stereocenters. The van der Waals surface area contributed by atoms with Crippen LogP contribution in [-0.2, 0) is 20.9 Å². The zero-order valence-electron chi connectivity index (χ0n) is 15.8. The van der Waals surface area contributed by atoms with Crippen LogP contribution in [0.15, 0.2) is 60.4 Å². The molecule has 0 saturated carbocycles. The van der Waals surface area contributed by atoms with Crippen molar-refractivity contribution in [3.05, 3.63) is 71.5 Å². The lowest BCUT2D eigenvalue weighted by Gasteiger charge is -2.20. The summed E-state index contributed by atoms with van der Waals surface area (Å²) in [6, 6.07) is 17.5. The number of esters is 1. The quantitative estimate of drug-likeness (QED) is 0.399. The molecule has 26 heavy (non-hydrogen) atoms. The topological polar surface area (TPSA) is 44.8 Å². The minimum absolute atomic E-state index is 0.195. The number of carbonyl (C=O) groups is 1. The Labute approximate surface area is 155 Å². The first kappa shape index (κ1) is 19.6. The zero-order chi connectivity index (χ0) is 19.0. The Bertz CT molecular complexity index is 725. The van der Waals surface area contributed by atoms with Crippen molar-refractivity contribution >= 4 is 12.0 Å². The molecule has 0 amide bonds. The number of hydrogen-bond acceptors (Lipinski definition) is 4. The van der Waals surface area contributed by atoms with E-state index in [2.05, 4.69) is 0 Å². The molecule has 0 aliphatic rings. The Morgan fingerprint density at radius 2 is 1.65 bits per heavy atom. The molecule has 0 aliphatic carbocycles. The molecule has 2 aromatic carbocycles. The molecule has 4 nitrogen and oxygen atoms in total. The van der Waals surface area contributed by atoms with Crippen LogP contribution in [-0.4, -0.2) is 18.2 Å². The molecule has 0 fully saturated rings. The van der Waals surface area contributed by atoms with Gasteiger partial charge < -0.3 is 14.2 Å². The summed E-state index contributed by atoms with van der Waals surface area (Å²) in [5.74, 6) is 0.491. The molecular weight excluding hydrogens is 328 g/mol. The van der Waals surface area contributed by atoms with E-state index in [-0.39, 0.29) is 5.76 Å². The van der Waals surface area contributed by atoms with Crippen molar-refractivity contribution in [2.75, 3.05) is 6.61 Å². The highest BCUT2D eigenvalue weighted by Gasteiger charge is 2.20. The maximum Gasteiger partial charge on any atom is 0.374 e. The van der Waals surface area contributed by atoms with Crippen LogP contribution in [0.2, 0.25) is 0 Å². The second kappa shape index (κ2) is 9.09. The third kappa shape index (κ3) is 6.63. The van der Waals surface area contributed by atoms with Crippen molar-refractivity contribution in [3.63, 3.8) is 0 Å². The molecule has 138 valence electrons. The molecule has 0 unspecified atom stereocenters. The molecule has 0 aliphatic heterocycles. The van der Waals surface area contributed by atoms with Crippen molar-refractivity contribution in [1.29, 1.82) is 0 Å². The van der Waals surface area contributed by atoms with Crippen LogP contribution in [0.5, 0.6) is 5.75 Å². The first-order valence-electron chi connectivity index (χ1n) is 8.72. The summed E-state index contributed by atoms with van der Waals surface area (Å²) in [5, 5.41) is 0. The van der Waals surface area contributed by atoms with Gasteiger partial charge >= 0.3 is 5.97 Å². The van der Waals surface area contributed by atoms with Gasteiger partial charge in [0.2, 0.25) is 5.76 Å². The standard InChI is InChI=1S/C22H26O4/c1-5-24-20(21(23)26-22(2,3)4)15-17-11-13-19(14-12-17)25-16-18-9-7-6-8-10-18/h6-15H,5,16H2,1-4H3/b20-15-. The molecule has 2 rings (SSSR count). The average Bonchev–Trinajstić information content (AvgIpc) is 2.60. The van der Waals surface area contributed by atoms with Gasteiger partial charge in [0, 0.05) is 0 Å². The van der Waals surface area contributed by atoms with Crippen LogP contribution < -0.4 is 4.74 Å². The monoisotopic (exact) mass is 354 g/mol. The van der Waals surface area contributed by atoms with E-state index >= 15 is 0 Å². The Balaban J connectivity index is 2.04. The first-order valence-corrected chi connectivity index (χ1v) is 8.72. The number of carbonyl (C=O) groups excluding carboxylic acids is 1. The largest absolute Gasteiger partial charge is 0.489 e. The Hall–Kier alpha value is -2.75. The normalized spacial score (nSPS) is 11.8. The maximum atomic E-state index is 12.2. The number of ether oxygens (including phenoxy) is 3. The lowest BCUT2D eigenvalue weighted by Crippen LogP contribution is -2.25. The third-order valence-electron chi connectivity index (χ3n) is 3.33. The molecule has 0 spiro atoms. The minimum Gasteiger partial charge on any atom is -0.489 e. The number of hydrogen-bond donors (Lipinski definition) is 0. The lowest BCUT2D eigenvalue weighted by molar-refractivity contribution is -0.153. The first-order chi connectivity index (χ1) is 12.4. The van der Waals surface area contributed by atoms with Gasteiger partial charge in [0.1, 0.15) is 18.0 Å². The van der Waals surface area contributed by atoms with Gasteiger partial charge in [0.05, 0.1) is 6.61 Å². The summed E-state index contributed by atoms with van der Waals surface area (Å²) in [6.45, 7) is 8.22. The van der Waals surface area contributed by atoms with E-state index in [0.717, 1.165) is 16.9 Å². The van der Waals surface area contributed by atoms with Crippen LogP contribution in [0.3, 0.4) is 0 Å². The molecule has 2 aromatic rings. The van der Waals surface area contributed by atoms with Gasteiger partial charge in [-0.05, 0) is 57.0 Å². The summed E-state index contributed by atoms with van der Waals surface area (Å²) in [4.78, 5) is 12.2. The molecule has 4 heteroatoms. The van der Waals surface area contributed by atoms with Crippen molar-refractivity contribution in [2.24, 2.45) is 0 Å². The Morgan fingerprint density at radius 1 is 1.00 bits per heavy atom. The second-order valence-corrected chi connectivity index (χ2v) is 6.79. The minimum atomic E-state index is -0.567. The molecule has 0 radical (unpaired) electrons. The molecule has 0 heterocycles. The van der Waals surface area contributed by atoms with E-state index < -0.39 is 11.6 Å². The van der Waals surface area contributed by atoms with Crippen LogP contribution in [0.4, 0.5) is 0 Å². The Kier molecular flexibility index (Phi) is 6.84. The van der Waals surface area contributed by atoms with Gasteiger partial charge in [-0.3, -0.25) is 0 Å². The van der Waals surface area contributed by atoms with E-state index in [1.165, 1.54) is 0 Å². The van der Waals surface area contributed by atoms with Gasteiger partial charge in [-0.25, -0.2) is 4.79 Å². The van der Waals surface area contributed by atoms with Gasteiger partial charge in [-0.2, -0.15) is 0 Å². The van der Waals surface area contributed by atoms with Crippen LogP contribution in [0.25, 0.3) is 6.08 Å². The third-order valence-corrected chi connectivity index (χ3v) is 3.33. The predicted octanol–water partition coefficient (Wildman–Crippen LogP) is 4.98. The van der Waals surface area contributed by atoms with E-state index in [9.17, 15) is 4.79 Å². The molecule has 0 aromatic heterocycles. The van der Waals surface area contributed by atoms with Crippen LogP contribution >= 0.6 is 0 Å². The van der Waals surface area contributed by atoms with Gasteiger partial charge in [-0.1, -0.05) is 42.5 Å². The zero-order valence-corrected chi connectivity index (χ0v) is 15.8. The molecule has 0 saturated heterocycles. The van der Waals surface area contributed by atoms with Gasteiger partial charge in [0.25, 0.3) is 0 Å². The lowest BCUT2D eigenvalue weighted by atomic mass is 10.1. The predicted molar refractivity (Wildman–Crippen MR) is 103 cm³/mol. The van der Waals surface area contributed by atoms with Crippen LogP contribution in [0, 0.1) is 0 Å². The van der Waals surface area contributed by atoms with Gasteiger partial charge in [0.15, 0.2) is 0 Å². The van der Waals surface area contributed by atoms with E-state index in [0.29, 0.717) is 13.2 Å².